The number of benzene rings is 2. The van der Waals surface area contributed by atoms with Crippen molar-refractivity contribution in [2.24, 2.45) is 5.92 Å². The Balaban J connectivity index is 1.34. The minimum Gasteiger partial charge on any atom is -0.497 e. The molecule has 1 saturated carbocycles. The van der Waals surface area contributed by atoms with Crippen LogP contribution in [0.1, 0.15) is 63.4 Å². The molecule has 2 aromatic rings. The fourth-order valence-corrected chi connectivity index (χ4v) is 5.81. The van der Waals surface area contributed by atoms with E-state index >= 15 is 0 Å². The topological polar surface area (TPSA) is 59.0 Å². The molecule has 36 heavy (non-hydrogen) atoms. The van der Waals surface area contributed by atoms with Gasteiger partial charge in [0.1, 0.15) is 5.75 Å². The van der Waals surface area contributed by atoms with Crippen LogP contribution in [0, 0.1) is 5.92 Å². The summed E-state index contributed by atoms with van der Waals surface area (Å²) < 4.78 is 11.8. The van der Waals surface area contributed by atoms with Crippen LogP contribution in [0.2, 0.25) is 0 Å². The Labute approximate surface area is 216 Å². The standard InChI is InChI=1S/C31H41NO4/c1-35-27-17-15-26(16-18-27)25-13-11-24(12-14-25)23-36-30-20-19-29(32-21-7-4-8-22-32)28(30)9-5-2-3-6-10-31(33)34/h2-3,11-18,28-30H,4-10,19-23H2,1H3,(H,33,34)/t28-,29+,30+/m1/s1. The number of ether oxygens (including phenoxy) is 2. The van der Waals surface area contributed by atoms with E-state index in [-0.39, 0.29) is 12.5 Å². The van der Waals surface area contributed by atoms with Gasteiger partial charge in [-0.15, -0.1) is 0 Å². The number of likely N-dealkylation sites (tertiary alicyclic amines) is 1. The van der Waals surface area contributed by atoms with E-state index in [2.05, 4.69) is 47.4 Å². The zero-order chi connectivity index (χ0) is 25.2. The third-order valence-corrected chi connectivity index (χ3v) is 7.78. The molecule has 3 atom stereocenters. The number of carboxylic acids is 1. The van der Waals surface area contributed by atoms with Crippen molar-refractivity contribution in [3.8, 4) is 16.9 Å². The van der Waals surface area contributed by atoms with Gasteiger partial charge in [-0.2, -0.15) is 0 Å². The number of hydrogen-bond acceptors (Lipinski definition) is 4. The molecule has 1 saturated heterocycles. The van der Waals surface area contributed by atoms with Crippen molar-refractivity contribution < 1.29 is 19.4 Å². The van der Waals surface area contributed by atoms with E-state index in [1.807, 2.05) is 18.2 Å². The lowest BCUT2D eigenvalue weighted by atomic mass is 9.93. The molecule has 0 spiro atoms. The summed E-state index contributed by atoms with van der Waals surface area (Å²) in [5.74, 6) is 0.672. The van der Waals surface area contributed by atoms with Crippen LogP contribution in [0.5, 0.6) is 5.75 Å². The molecule has 5 nitrogen and oxygen atoms in total. The summed E-state index contributed by atoms with van der Waals surface area (Å²) in [6.07, 6.45) is 13.7. The molecule has 0 unspecified atom stereocenters. The van der Waals surface area contributed by atoms with Gasteiger partial charge in [0.05, 0.1) is 19.8 Å². The number of aliphatic carboxylic acids is 1. The number of methoxy groups -OCH3 is 1. The quantitative estimate of drug-likeness (QED) is 0.334. The van der Waals surface area contributed by atoms with Crippen LogP contribution in [0.3, 0.4) is 0 Å². The Kier molecular flexibility index (Phi) is 10.00. The van der Waals surface area contributed by atoms with Crippen LogP contribution in [-0.4, -0.2) is 48.3 Å². The van der Waals surface area contributed by atoms with Gasteiger partial charge in [-0.05, 0) is 86.9 Å². The fourth-order valence-electron chi connectivity index (χ4n) is 5.81. The van der Waals surface area contributed by atoms with Crippen molar-refractivity contribution in [3.63, 3.8) is 0 Å². The summed E-state index contributed by atoms with van der Waals surface area (Å²) in [6.45, 7) is 3.08. The van der Waals surface area contributed by atoms with Crippen LogP contribution in [0.25, 0.3) is 11.1 Å². The van der Waals surface area contributed by atoms with Gasteiger partial charge in [0.2, 0.25) is 0 Å². The minimum absolute atomic E-state index is 0.208. The number of piperidine rings is 1. The molecule has 0 aromatic heterocycles. The van der Waals surface area contributed by atoms with Gasteiger partial charge in [-0.1, -0.05) is 55.0 Å². The largest absolute Gasteiger partial charge is 0.497 e. The molecule has 5 heteroatoms. The zero-order valence-electron chi connectivity index (χ0n) is 21.6. The number of hydrogen-bond donors (Lipinski definition) is 1. The third kappa shape index (κ3) is 7.44. The molecule has 0 bridgehead atoms. The number of carbonyl (C=O) groups is 1. The molecular weight excluding hydrogens is 450 g/mol. The van der Waals surface area contributed by atoms with Gasteiger partial charge >= 0.3 is 5.97 Å². The highest BCUT2D eigenvalue weighted by Crippen LogP contribution is 2.37. The van der Waals surface area contributed by atoms with Crippen LogP contribution in [0.4, 0.5) is 0 Å². The Morgan fingerprint density at radius 3 is 2.28 bits per heavy atom. The molecule has 1 heterocycles. The van der Waals surface area contributed by atoms with Crippen molar-refractivity contribution in [1.82, 2.24) is 4.90 Å². The molecule has 0 amide bonds. The van der Waals surface area contributed by atoms with Crippen molar-refractivity contribution in [2.45, 2.75) is 76.5 Å². The van der Waals surface area contributed by atoms with Crippen molar-refractivity contribution in [1.29, 1.82) is 0 Å². The van der Waals surface area contributed by atoms with E-state index in [4.69, 9.17) is 14.6 Å². The van der Waals surface area contributed by atoms with E-state index in [9.17, 15) is 4.79 Å². The normalized spacial score (nSPS) is 22.8. The molecule has 1 aliphatic heterocycles. The fraction of sp³-hybridized carbons (Fsp3) is 0.516. The SMILES string of the molecule is COc1ccc(-c2ccc(CO[C@H]3CC[C@H](N4CCCCC4)[C@H]3CCC=CCCC(=O)O)cc2)cc1. The molecule has 194 valence electrons. The molecule has 4 rings (SSSR count). The summed E-state index contributed by atoms with van der Waals surface area (Å²) in [5, 5.41) is 8.84. The molecule has 1 aliphatic carbocycles. The highest BCUT2D eigenvalue weighted by molar-refractivity contribution is 5.66. The van der Waals surface area contributed by atoms with E-state index in [0.29, 0.717) is 25.0 Å². The lowest BCUT2D eigenvalue weighted by Crippen LogP contribution is -2.43. The number of rotatable bonds is 12. The van der Waals surface area contributed by atoms with Gasteiger partial charge < -0.3 is 19.5 Å². The lowest BCUT2D eigenvalue weighted by Gasteiger charge is -2.37. The second-order valence-corrected chi connectivity index (χ2v) is 10.2. The van der Waals surface area contributed by atoms with E-state index in [1.54, 1.807) is 7.11 Å². The summed E-state index contributed by atoms with van der Waals surface area (Å²) >= 11 is 0. The molecule has 2 fully saturated rings. The highest BCUT2D eigenvalue weighted by Gasteiger charge is 2.39. The monoisotopic (exact) mass is 491 g/mol. The molecular formula is C31H41NO4. The van der Waals surface area contributed by atoms with Crippen LogP contribution in [-0.2, 0) is 16.1 Å². The first-order valence-corrected chi connectivity index (χ1v) is 13.6. The maximum atomic E-state index is 10.7. The van der Waals surface area contributed by atoms with Gasteiger partial charge in [0.15, 0.2) is 0 Å². The van der Waals surface area contributed by atoms with E-state index in [1.165, 1.54) is 55.5 Å². The average Bonchev–Trinajstić information content (AvgIpc) is 3.32. The highest BCUT2D eigenvalue weighted by atomic mass is 16.5. The second kappa shape index (κ2) is 13.6. The molecule has 0 radical (unpaired) electrons. The Bertz CT molecular complexity index is 963. The molecule has 2 aromatic carbocycles. The number of carboxylic acid groups (broad SMARTS) is 1. The van der Waals surface area contributed by atoms with Crippen LogP contribution >= 0.6 is 0 Å². The average molecular weight is 492 g/mol. The predicted molar refractivity (Wildman–Crippen MR) is 144 cm³/mol. The predicted octanol–water partition coefficient (Wildman–Crippen LogP) is 6.71. The molecule has 2 aliphatic rings. The summed E-state index contributed by atoms with van der Waals surface area (Å²) in [6, 6.07) is 17.5. The minimum atomic E-state index is -0.730. The van der Waals surface area contributed by atoms with Gasteiger partial charge in [0.25, 0.3) is 0 Å². The van der Waals surface area contributed by atoms with Crippen LogP contribution < -0.4 is 4.74 Å². The van der Waals surface area contributed by atoms with Gasteiger partial charge in [0, 0.05) is 18.4 Å². The van der Waals surface area contributed by atoms with Crippen molar-refractivity contribution in [3.05, 3.63) is 66.2 Å². The van der Waals surface area contributed by atoms with E-state index in [0.717, 1.165) is 25.0 Å². The lowest BCUT2D eigenvalue weighted by molar-refractivity contribution is -0.136. The van der Waals surface area contributed by atoms with Gasteiger partial charge in [-0.3, -0.25) is 4.79 Å². The van der Waals surface area contributed by atoms with Crippen LogP contribution in [0.15, 0.2) is 60.7 Å². The first-order chi connectivity index (χ1) is 17.6. The second-order valence-electron chi connectivity index (χ2n) is 10.2. The molecule has 1 N–H and O–H groups in total. The Morgan fingerprint density at radius 2 is 1.61 bits per heavy atom. The first-order valence-electron chi connectivity index (χ1n) is 13.6. The summed E-state index contributed by atoms with van der Waals surface area (Å²) in [7, 11) is 1.69. The maximum absolute atomic E-state index is 10.7. The number of nitrogens with zero attached hydrogens (tertiary/aromatic N) is 1. The first kappa shape index (κ1) is 26.4. The van der Waals surface area contributed by atoms with Gasteiger partial charge in [-0.25, -0.2) is 0 Å². The summed E-state index contributed by atoms with van der Waals surface area (Å²) in [4.78, 5) is 13.5. The summed E-state index contributed by atoms with van der Waals surface area (Å²) in [5.41, 5.74) is 3.58. The number of allylic oxidation sites excluding steroid dienone is 2. The van der Waals surface area contributed by atoms with Crippen molar-refractivity contribution in [2.75, 3.05) is 20.2 Å². The van der Waals surface area contributed by atoms with E-state index < -0.39 is 5.97 Å². The Morgan fingerprint density at radius 1 is 0.944 bits per heavy atom. The Hall–Kier alpha value is -2.63. The maximum Gasteiger partial charge on any atom is 0.303 e. The van der Waals surface area contributed by atoms with Crippen molar-refractivity contribution >= 4 is 5.97 Å². The third-order valence-electron chi connectivity index (χ3n) is 7.78. The zero-order valence-corrected chi connectivity index (χ0v) is 21.6. The smallest absolute Gasteiger partial charge is 0.303 e.